The van der Waals surface area contributed by atoms with Crippen LogP contribution in [0.5, 0.6) is 0 Å². The highest BCUT2D eigenvalue weighted by Gasteiger charge is 2.82. The Hall–Kier alpha value is -0.810. The predicted octanol–water partition coefficient (Wildman–Crippen LogP) is 4.85. The monoisotopic (exact) mass is 430 g/mol. The third-order valence-corrected chi connectivity index (χ3v) is 11.7. The van der Waals surface area contributed by atoms with Gasteiger partial charge in [0.15, 0.2) is 5.78 Å². The molecule has 2 aliphatic heterocycles. The largest absolute Gasteiger partial charge is 0.458 e. The fourth-order valence-electron chi connectivity index (χ4n) is 8.67. The van der Waals surface area contributed by atoms with Crippen LogP contribution in [0.15, 0.2) is 11.6 Å². The number of ketones is 1. The van der Waals surface area contributed by atoms with E-state index in [1.54, 1.807) is 0 Å². The van der Waals surface area contributed by atoms with Crippen molar-refractivity contribution >= 4 is 23.5 Å². The Labute approximate surface area is 183 Å². The molecule has 30 heavy (non-hydrogen) atoms. The SMILES string of the molecule is CCCSC1CC2=CC(=O)CC[C@]2(C)C23O[C@H]2C[C@@]2(C)C(CC[C@@]24CCC(=O)O4)C13. The highest BCUT2D eigenvalue weighted by atomic mass is 32.2. The number of epoxide rings is 1. The number of ether oxygens (including phenoxy) is 2. The van der Waals surface area contributed by atoms with E-state index in [0.29, 0.717) is 35.7 Å². The third-order valence-electron chi connectivity index (χ3n) is 10.2. The Morgan fingerprint density at radius 2 is 2.00 bits per heavy atom. The Morgan fingerprint density at radius 3 is 2.73 bits per heavy atom. The van der Waals surface area contributed by atoms with Crippen molar-refractivity contribution in [3.8, 4) is 0 Å². The molecule has 2 saturated heterocycles. The fraction of sp³-hybridized carbons (Fsp3) is 0.840. The van der Waals surface area contributed by atoms with Crippen LogP contribution in [0.4, 0.5) is 0 Å². The lowest BCUT2D eigenvalue weighted by atomic mass is 9.46. The molecule has 0 bridgehead atoms. The molecule has 0 aromatic heterocycles. The molecule has 0 aromatic rings. The molecule has 4 unspecified atom stereocenters. The van der Waals surface area contributed by atoms with Gasteiger partial charge in [0.2, 0.25) is 0 Å². The van der Waals surface area contributed by atoms with Crippen molar-refractivity contribution in [1.29, 1.82) is 0 Å². The molecule has 2 spiro atoms. The van der Waals surface area contributed by atoms with E-state index in [2.05, 4.69) is 32.5 Å². The number of carbonyl (C=O) groups excluding carboxylic acids is 2. The second-order valence-electron chi connectivity index (χ2n) is 11.2. The van der Waals surface area contributed by atoms with Crippen LogP contribution in [0.2, 0.25) is 0 Å². The van der Waals surface area contributed by atoms with Gasteiger partial charge >= 0.3 is 5.97 Å². The molecule has 6 aliphatic rings. The summed E-state index contributed by atoms with van der Waals surface area (Å²) in [4.78, 5) is 24.5. The van der Waals surface area contributed by atoms with Crippen LogP contribution >= 0.6 is 11.8 Å². The van der Waals surface area contributed by atoms with Crippen LogP contribution in [0.3, 0.4) is 0 Å². The van der Waals surface area contributed by atoms with Crippen LogP contribution in [0, 0.1) is 22.7 Å². The van der Waals surface area contributed by atoms with Gasteiger partial charge in [-0.3, -0.25) is 9.59 Å². The second kappa shape index (κ2) is 6.15. The normalized spacial score (nSPS) is 53.5. The molecular formula is C25H34O4S. The predicted molar refractivity (Wildman–Crippen MR) is 116 cm³/mol. The van der Waals surface area contributed by atoms with Gasteiger partial charge in [0.25, 0.3) is 0 Å². The average molecular weight is 431 g/mol. The lowest BCUT2D eigenvalue weighted by Crippen LogP contribution is -2.63. The van der Waals surface area contributed by atoms with E-state index in [-0.39, 0.29) is 34.1 Å². The first-order chi connectivity index (χ1) is 14.3. The lowest BCUT2D eigenvalue weighted by molar-refractivity contribution is -0.164. The maximum atomic E-state index is 12.3. The molecule has 0 amide bonds. The highest BCUT2D eigenvalue weighted by molar-refractivity contribution is 7.99. The van der Waals surface area contributed by atoms with Crippen LogP contribution in [0.25, 0.3) is 0 Å². The van der Waals surface area contributed by atoms with Gasteiger partial charge in [-0.15, -0.1) is 0 Å². The van der Waals surface area contributed by atoms with E-state index in [4.69, 9.17) is 9.47 Å². The summed E-state index contributed by atoms with van der Waals surface area (Å²) in [5.74, 6) is 2.48. The standard InChI is InChI=1S/C25H34O4S/c1-4-11-30-18-13-15-12-16(26)5-8-22(15,2)25-19(28-25)14-23(3)17(21(18)25)6-9-24(23)10-7-20(27)29-24/h12,17-19,21H,4-11,13-14H2,1-3H3/t17?,18?,19-,21?,22-,23-,24+,25?/m0/s1. The quantitative estimate of drug-likeness (QED) is 0.473. The molecule has 5 heteroatoms. The molecule has 3 saturated carbocycles. The minimum Gasteiger partial charge on any atom is -0.458 e. The van der Waals surface area contributed by atoms with Crippen LogP contribution in [-0.4, -0.2) is 40.1 Å². The Kier molecular flexibility index (Phi) is 4.07. The number of carbonyl (C=O) groups is 2. The summed E-state index contributed by atoms with van der Waals surface area (Å²) in [6.45, 7) is 7.06. The molecule has 4 nitrogen and oxygen atoms in total. The molecule has 5 fully saturated rings. The van der Waals surface area contributed by atoms with Crippen molar-refractivity contribution in [2.24, 2.45) is 22.7 Å². The minimum absolute atomic E-state index is 0.00560. The molecule has 2 heterocycles. The van der Waals surface area contributed by atoms with Crippen molar-refractivity contribution in [1.82, 2.24) is 0 Å². The summed E-state index contributed by atoms with van der Waals surface area (Å²) in [5.41, 5.74) is 0.980. The smallest absolute Gasteiger partial charge is 0.306 e. The van der Waals surface area contributed by atoms with Gasteiger partial charge in [0.05, 0.1) is 6.10 Å². The van der Waals surface area contributed by atoms with Gasteiger partial charge < -0.3 is 9.47 Å². The fourth-order valence-corrected chi connectivity index (χ4v) is 10.1. The second-order valence-corrected chi connectivity index (χ2v) is 12.6. The van der Waals surface area contributed by atoms with Gasteiger partial charge in [0, 0.05) is 34.8 Å². The third kappa shape index (κ3) is 2.19. The molecule has 164 valence electrons. The molecule has 0 aromatic carbocycles. The van der Waals surface area contributed by atoms with E-state index in [9.17, 15) is 9.59 Å². The van der Waals surface area contributed by atoms with Gasteiger partial charge in [-0.2, -0.15) is 11.8 Å². The van der Waals surface area contributed by atoms with Gasteiger partial charge in [-0.1, -0.05) is 26.3 Å². The Bertz CT molecular complexity index is 852. The number of thioether (sulfide) groups is 1. The average Bonchev–Trinajstić information content (AvgIpc) is 3.19. The molecule has 8 atom stereocenters. The van der Waals surface area contributed by atoms with Gasteiger partial charge in [0.1, 0.15) is 11.2 Å². The van der Waals surface area contributed by atoms with Crippen molar-refractivity contribution in [2.75, 3.05) is 5.75 Å². The first kappa shape index (κ1) is 19.8. The highest BCUT2D eigenvalue weighted by Crippen LogP contribution is 2.78. The molecule has 0 N–H and O–H groups in total. The summed E-state index contributed by atoms with van der Waals surface area (Å²) in [6.07, 6.45) is 10.6. The van der Waals surface area contributed by atoms with E-state index in [0.717, 1.165) is 44.3 Å². The van der Waals surface area contributed by atoms with Crippen molar-refractivity contribution in [3.63, 3.8) is 0 Å². The van der Waals surface area contributed by atoms with E-state index in [1.807, 2.05) is 6.08 Å². The van der Waals surface area contributed by atoms with Crippen molar-refractivity contribution in [2.45, 2.75) is 101 Å². The van der Waals surface area contributed by atoms with Crippen LogP contribution in [-0.2, 0) is 19.1 Å². The number of rotatable bonds is 3. The number of esters is 1. The Morgan fingerprint density at radius 1 is 1.17 bits per heavy atom. The van der Waals surface area contributed by atoms with Crippen molar-refractivity contribution < 1.29 is 19.1 Å². The molecule has 4 aliphatic carbocycles. The number of fused-ring (bicyclic) bond motifs is 4. The maximum Gasteiger partial charge on any atom is 0.306 e. The number of hydrogen-bond donors (Lipinski definition) is 0. The summed E-state index contributed by atoms with van der Waals surface area (Å²) in [7, 11) is 0. The zero-order chi connectivity index (χ0) is 20.9. The molecule has 6 rings (SSSR count). The van der Waals surface area contributed by atoms with Gasteiger partial charge in [-0.25, -0.2) is 0 Å². The summed E-state index contributed by atoms with van der Waals surface area (Å²) < 4.78 is 12.9. The summed E-state index contributed by atoms with van der Waals surface area (Å²) in [5, 5.41) is 0.497. The first-order valence-electron chi connectivity index (χ1n) is 12.0. The zero-order valence-electron chi connectivity index (χ0n) is 18.5. The van der Waals surface area contributed by atoms with Crippen molar-refractivity contribution in [3.05, 3.63) is 11.6 Å². The topological polar surface area (TPSA) is 55.9 Å². The number of hydrogen-bond acceptors (Lipinski definition) is 5. The Balaban J connectivity index is 1.45. The minimum atomic E-state index is -0.271. The van der Waals surface area contributed by atoms with Crippen LogP contribution < -0.4 is 0 Å². The van der Waals surface area contributed by atoms with E-state index < -0.39 is 0 Å². The van der Waals surface area contributed by atoms with E-state index in [1.165, 1.54) is 12.0 Å². The van der Waals surface area contributed by atoms with Crippen LogP contribution in [0.1, 0.15) is 78.6 Å². The van der Waals surface area contributed by atoms with E-state index >= 15 is 0 Å². The van der Waals surface area contributed by atoms with Gasteiger partial charge in [-0.05, 0) is 62.7 Å². The maximum absolute atomic E-state index is 12.3. The molecule has 0 radical (unpaired) electrons. The first-order valence-corrected chi connectivity index (χ1v) is 13.1. The zero-order valence-corrected chi connectivity index (χ0v) is 19.3. The summed E-state index contributed by atoms with van der Waals surface area (Å²) in [6, 6.07) is 0. The summed E-state index contributed by atoms with van der Waals surface area (Å²) >= 11 is 2.10. The lowest BCUT2D eigenvalue weighted by Gasteiger charge is -2.59. The molecular weight excluding hydrogens is 396 g/mol.